The second kappa shape index (κ2) is 7.67. The summed E-state index contributed by atoms with van der Waals surface area (Å²) < 4.78 is 0. The average Bonchev–Trinajstić information content (AvgIpc) is 2.99. The van der Waals surface area contributed by atoms with Gasteiger partial charge in [-0.1, -0.05) is 32.5 Å². The van der Waals surface area contributed by atoms with Crippen molar-refractivity contribution in [3.8, 4) is 0 Å². The van der Waals surface area contributed by atoms with Gasteiger partial charge in [0.25, 0.3) is 0 Å². The SMILES string of the molecule is CCCNc1nc(SC(C)CC)nc(N2CCCC2)n1. The Morgan fingerprint density at radius 1 is 1.20 bits per heavy atom. The average molecular weight is 295 g/mol. The van der Waals surface area contributed by atoms with Crippen LogP contribution >= 0.6 is 11.8 Å². The molecule has 1 aliphatic rings. The standard InChI is InChI=1S/C14H25N5S/c1-4-8-15-12-16-13(19-9-6-7-10-19)18-14(17-12)20-11(3)5-2/h11H,4-10H2,1-3H3,(H,15,16,17,18). The number of hydrogen-bond donors (Lipinski definition) is 1. The zero-order valence-corrected chi connectivity index (χ0v) is 13.5. The predicted molar refractivity (Wildman–Crippen MR) is 85.7 cm³/mol. The van der Waals surface area contributed by atoms with Crippen molar-refractivity contribution in [2.24, 2.45) is 0 Å². The van der Waals surface area contributed by atoms with E-state index in [9.17, 15) is 0 Å². The van der Waals surface area contributed by atoms with Gasteiger partial charge in [-0.2, -0.15) is 15.0 Å². The molecule has 1 N–H and O–H groups in total. The Kier molecular flexibility index (Phi) is 5.88. The van der Waals surface area contributed by atoms with Crippen LogP contribution in [0.4, 0.5) is 11.9 Å². The maximum absolute atomic E-state index is 4.64. The second-order valence-corrected chi connectivity index (χ2v) is 6.60. The molecule has 2 rings (SSSR count). The number of rotatable bonds is 7. The first kappa shape index (κ1) is 15.4. The maximum Gasteiger partial charge on any atom is 0.231 e. The fourth-order valence-electron chi connectivity index (χ4n) is 2.04. The summed E-state index contributed by atoms with van der Waals surface area (Å²) in [6.07, 6.45) is 4.65. The molecule has 0 amide bonds. The Labute approximate surface area is 126 Å². The van der Waals surface area contributed by atoms with Gasteiger partial charge >= 0.3 is 0 Å². The van der Waals surface area contributed by atoms with Crippen LogP contribution in [0.25, 0.3) is 0 Å². The minimum atomic E-state index is 0.530. The zero-order valence-electron chi connectivity index (χ0n) is 12.7. The van der Waals surface area contributed by atoms with Crippen LogP contribution in [0.1, 0.15) is 46.5 Å². The molecule has 0 aromatic carbocycles. The molecule has 6 heteroatoms. The molecule has 0 bridgehead atoms. The summed E-state index contributed by atoms with van der Waals surface area (Å²) in [5.74, 6) is 1.55. The third-order valence-electron chi connectivity index (χ3n) is 3.41. The van der Waals surface area contributed by atoms with E-state index >= 15 is 0 Å². The lowest BCUT2D eigenvalue weighted by Gasteiger charge is -2.17. The highest BCUT2D eigenvalue weighted by atomic mass is 32.2. The number of anilines is 2. The minimum Gasteiger partial charge on any atom is -0.354 e. The molecule has 1 saturated heterocycles. The molecule has 0 saturated carbocycles. The second-order valence-electron chi connectivity index (χ2n) is 5.20. The Morgan fingerprint density at radius 2 is 1.95 bits per heavy atom. The molecular formula is C14H25N5S. The van der Waals surface area contributed by atoms with Crippen LogP contribution in [-0.2, 0) is 0 Å². The van der Waals surface area contributed by atoms with E-state index in [1.54, 1.807) is 11.8 Å². The van der Waals surface area contributed by atoms with Gasteiger partial charge in [-0.3, -0.25) is 0 Å². The van der Waals surface area contributed by atoms with Crippen molar-refractivity contribution in [2.45, 2.75) is 56.9 Å². The number of thioether (sulfide) groups is 1. The van der Waals surface area contributed by atoms with Crippen LogP contribution in [0.3, 0.4) is 0 Å². The predicted octanol–water partition coefficient (Wildman–Crippen LogP) is 3.18. The van der Waals surface area contributed by atoms with Crippen LogP contribution in [-0.4, -0.2) is 39.8 Å². The van der Waals surface area contributed by atoms with Crippen molar-refractivity contribution in [1.82, 2.24) is 15.0 Å². The van der Waals surface area contributed by atoms with Crippen LogP contribution in [0.15, 0.2) is 5.16 Å². The maximum atomic E-state index is 4.64. The molecule has 0 aliphatic carbocycles. The molecule has 1 aromatic rings. The minimum absolute atomic E-state index is 0.530. The lowest BCUT2D eigenvalue weighted by Crippen LogP contribution is -2.22. The Morgan fingerprint density at radius 3 is 2.60 bits per heavy atom. The van der Waals surface area contributed by atoms with Crippen molar-refractivity contribution in [1.29, 1.82) is 0 Å². The largest absolute Gasteiger partial charge is 0.354 e. The number of nitrogens with zero attached hydrogens (tertiary/aromatic N) is 4. The summed E-state index contributed by atoms with van der Waals surface area (Å²) >= 11 is 1.74. The van der Waals surface area contributed by atoms with Crippen LogP contribution in [0.5, 0.6) is 0 Å². The van der Waals surface area contributed by atoms with Crippen LogP contribution < -0.4 is 10.2 Å². The number of hydrogen-bond acceptors (Lipinski definition) is 6. The topological polar surface area (TPSA) is 53.9 Å². The Hall–Kier alpha value is -1.04. The van der Waals surface area contributed by atoms with Gasteiger partial charge in [0.05, 0.1) is 0 Å². The molecule has 1 unspecified atom stereocenters. The summed E-state index contributed by atoms with van der Waals surface area (Å²) in [5.41, 5.74) is 0. The van der Waals surface area contributed by atoms with Gasteiger partial charge < -0.3 is 10.2 Å². The van der Waals surface area contributed by atoms with Crippen molar-refractivity contribution >= 4 is 23.7 Å². The number of nitrogens with one attached hydrogen (secondary N) is 1. The van der Waals surface area contributed by atoms with Gasteiger partial charge in [-0.25, -0.2) is 0 Å². The highest BCUT2D eigenvalue weighted by Crippen LogP contribution is 2.25. The monoisotopic (exact) mass is 295 g/mol. The molecule has 20 heavy (non-hydrogen) atoms. The molecule has 5 nitrogen and oxygen atoms in total. The van der Waals surface area contributed by atoms with Crippen LogP contribution in [0, 0.1) is 0 Å². The molecule has 112 valence electrons. The lowest BCUT2D eigenvalue weighted by atomic mass is 10.4. The van der Waals surface area contributed by atoms with E-state index in [2.05, 4.69) is 45.9 Å². The van der Waals surface area contributed by atoms with Gasteiger partial charge in [0.15, 0.2) is 5.16 Å². The van der Waals surface area contributed by atoms with E-state index < -0.39 is 0 Å². The fourth-order valence-corrected chi connectivity index (χ4v) is 2.84. The van der Waals surface area contributed by atoms with E-state index in [0.29, 0.717) is 5.25 Å². The normalized spacial score (nSPS) is 16.4. The highest BCUT2D eigenvalue weighted by Gasteiger charge is 2.18. The first-order valence-electron chi connectivity index (χ1n) is 7.64. The van der Waals surface area contributed by atoms with E-state index in [1.807, 2.05) is 0 Å². The van der Waals surface area contributed by atoms with E-state index in [-0.39, 0.29) is 0 Å². The summed E-state index contributed by atoms with van der Waals surface area (Å²) in [6.45, 7) is 9.57. The summed E-state index contributed by atoms with van der Waals surface area (Å²) in [6, 6.07) is 0. The number of aromatic nitrogens is 3. The van der Waals surface area contributed by atoms with Crippen molar-refractivity contribution in [2.75, 3.05) is 29.9 Å². The van der Waals surface area contributed by atoms with Gasteiger partial charge in [0.1, 0.15) is 0 Å². The first-order chi connectivity index (χ1) is 9.72. The van der Waals surface area contributed by atoms with Crippen molar-refractivity contribution in [3.63, 3.8) is 0 Å². The lowest BCUT2D eigenvalue weighted by molar-refractivity contribution is 0.813. The molecule has 2 heterocycles. The smallest absolute Gasteiger partial charge is 0.231 e. The van der Waals surface area contributed by atoms with Gasteiger partial charge in [-0.05, 0) is 25.7 Å². The van der Waals surface area contributed by atoms with Crippen molar-refractivity contribution in [3.05, 3.63) is 0 Å². The molecule has 1 aliphatic heterocycles. The van der Waals surface area contributed by atoms with Gasteiger partial charge in [0, 0.05) is 24.9 Å². The Balaban J connectivity index is 2.18. The highest BCUT2D eigenvalue weighted by molar-refractivity contribution is 7.99. The molecule has 1 atom stereocenters. The molecular weight excluding hydrogens is 270 g/mol. The van der Waals surface area contributed by atoms with Gasteiger partial charge in [-0.15, -0.1) is 0 Å². The summed E-state index contributed by atoms with van der Waals surface area (Å²) in [4.78, 5) is 16.0. The van der Waals surface area contributed by atoms with E-state index in [0.717, 1.165) is 49.5 Å². The van der Waals surface area contributed by atoms with Crippen molar-refractivity contribution < 1.29 is 0 Å². The van der Waals surface area contributed by atoms with E-state index in [4.69, 9.17) is 0 Å². The summed E-state index contributed by atoms with van der Waals surface area (Å²) in [7, 11) is 0. The summed E-state index contributed by atoms with van der Waals surface area (Å²) in [5, 5.41) is 4.66. The molecule has 1 aromatic heterocycles. The molecule has 0 radical (unpaired) electrons. The Bertz CT molecular complexity index is 420. The van der Waals surface area contributed by atoms with Gasteiger partial charge in [0.2, 0.25) is 11.9 Å². The quantitative estimate of drug-likeness (QED) is 0.780. The third-order valence-corrected chi connectivity index (χ3v) is 4.54. The zero-order chi connectivity index (χ0) is 14.4. The molecule has 0 spiro atoms. The van der Waals surface area contributed by atoms with Crippen LogP contribution in [0.2, 0.25) is 0 Å². The van der Waals surface area contributed by atoms with E-state index in [1.165, 1.54) is 12.8 Å². The molecule has 1 fully saturated rings. The third kappa shape index (κ3) is 4.23. The fraction of sp³-hybridized carbons (Fsp3) is 0.786. The first-order valence-corrected chi connectivity index (χ1v) is 8.52.